The predicted molar refractivity (Wildman–Crippen MR) is 78.1 cm³/mol. The van der Waals surface area contributed by atoms with E-state index in [-0.39, 0.29) is 16.8 Å². The fourth-order valence-corrected chi connectivity index (χ4v) is 2.43. The molecule has 2 rings (SSSR count). The van der Waals surface area contributed by atoms with Crippen molar-refractivity contribution in [2.75, 3.05) is 6.54 Å². The fraction of sp³-hybridized carbons (Fsp3) is 0.250. The molecule has 2 aromatic rings. The van der Waals surface area contributed by atoms with Crippen molar-refractivity contribution in [2.45, 2.75) is 19.3 Å². The van der Waals surface area contributed by atoms with E-state index in [0.29, 0.717) is 18.5 Å². The molecule has 3 heteroatoms. The smallest absolute Gasteiger partial charge is 0.144 e. The monoisotopic (exact) mass is 277 g/mol. The highest BCUT2D eigenvalue weighted by molar-refractivity contribution is 6.30. The third kappa shape index (κ3) is 3.34. The number of aryl methyl sites for hydroxylation is 1. The number of halogens is 2. The largest absolute Gasteiger partial charge is 0.330 e. The standard InChI is InChI=1S/C16H17ClFN/c1-11-4-2-5-12(8-11)14(10-19)9-13-6-3-7-15(17)16(13)18/h2-8,14H,9-10,19H2,1H3. The van der Waals surface area contributed by atoms with Gasteiger partial charge in [-0.1, -0.05) is 53.6 Å². The van der Waals surface area contributed by atoms with Crippen LogP contribution in [0.3, 0.4) is 0 Å². The van der Waals surface area contributed by atoms with Gasteiger partial charge in [0.2, 0.25) is 0 Å². The second-order valence-corrected chi connectivity index (χ2v) is 5.17. The molecule has 0 bridgehead atoms. The van der Waals surface area contributed by atoms with E-state index in [1.54, 1.807) is 18.2 Å². The molecule has 2 aromatic carbocycles. The third-order valence-electron chi connectivity index (χ3n) is 3.30. The van der Waals surface area contributed by atoms with Crippen molar-refractivity contribution in [1.82, 2.24) is 0 Å². The summed E-state index contributed by atoms with van der Waals surface area (Å²) in [6, 6.07) is 13.3. The molecule has 1 unspecified atom stereocenters. The number of rotatable bonds is 4. The zero-order valence-corrected chi connectivity index (χ0v) is 11.6. The zero-order chi connectivity index (χ0) is 13.8. The van der Waals surface area contributed by atoms with Crippen molar-refractivity contribution in [3.63, 3.8) is 0 Å². The van der Waals surface area contributed by atoms with Gasteiger partial charge in [-0.3, -0.25) is 0 Å². The van der Waals surface area contributed by atoms with E-state index in [2.05, 4.69) is 6.07 Å². The number of benzene rings is 2. The normalized spacial score (nSPS) is 12.4. The van der Waals surface area contributed by atoms with Crippen LogP contribution in [0.5, 0.6) is 0 Å². The topological polar surface area (TPSA) is 26.0 Å². The quantitative estimate of drug-likeness (QED) is 0.896. The minimum atomic E-state index is -0.338. The molecule has 0 spiro atoms. The molecular weight excluding hydrogens is 261 g/mol. The molecule has 0 aliphatic carbocycles. The average Bonchev–Trinajstić information content (AvgIpc) is 2.40. The van der Waals surface area contributed by atoms with Gasteiger partial charge in [-0.15, -0.1) is 0 Å². The fourth-order valence-electron chi connectivity index (χ4n) is 2.23. The van der Waals surface area contributed by atoms with Crippen LogP contribution >= 0.6 is 11.6 Å². The van der Waals surface area contributed by atoms with Gasteiger partial charge in [0.05, 0.1) is 5.02 Å². The molecule has 19 heavy (non-hydrogen) atoms. The lowest BCUT2D eigenvalue weighted by atomic mass is 9.91. The lowest BCUT2D eigenvalue weighted by molar-refractivity contribution is 0.590. The molecule has 0 aliphatic rings. The molecule has 0 radical (unpaired) electrons. The first-order valence-corrected chi connectivity index (χ1v) is 6.69. The molecule has 0 saturated carbocycles. The summed E-state index contributed by atoms with van der Waals surface area (Å²) in [5.74, 6) is -0.233. The Morgan fingerprint density at radius 1 is 1.21 bits per heavy atom. The van der Waals surface area contributed by atoms with Crippen LogP contribution in [-0.2, 0) is 6.42 Å². The first-order chi connectivity index (χ1) is 9.11. The van der Waals surface area contributed by atoms with Crippen molar-refractivity contribution in [3.05, 3.63) is 70.0 Å². The molecule has 2 N–H and O–H groups in total. The van der Waals surface area contributed by atoms with E-state index < -0.39 is 0 Å². The molecule has 0 fully saturated rings. The van der Waals surface area contributed by atoms with Gasteiger partial charge in [0.15, 0.2) is 0 Å². The van der Waals surface area contributed by atoms with Gasteiger partial charge in [-0.2, -0.15) is 0 Å². The second kappa shape index (κ2) is 6.18. The van der Waals surface area contributed by atoms with Gasteiger partial charge in [0.1, 0.15) is 5.82 Å². The number of nitrogens with two attached hydrogens (primary N) is 1. The molecule has 0 aromatic heterocycles. The van der Waals surface area contributed by atoms with Crippen LogP contribution in [0.1, 0.15) is 22.6 Å². The van der Waals surface area contributed by atoms with Crippen LogP contribution in [0, 0.1) is 12.7 Å². The predicted octanol–water partition coefficient (Wildman–Crippen LogP) is 4.07. The van der Waals surface area contributed by atoms with Gasteiger partial charge >= 0.3 is 0 Å². The van der Waals surface area contributed by atoms with Crippen LogP contribution in [0.2, 0.25) is 5.02 Å². The highest BCUT2D eigenvalue weighted by Gasteiger charge is 2.14. The Hall–Kier alpha value is -1.38. The van der Waals surface area contributed by atoms with Crippen LogP contribution in [0.4, 0.5) is 4.39 Å². The summed E-state index contributed by atoms with van der Waals surface area (Å²) in [5, 5.41) is 0.164. The first-order valence-electron chi connectivity index (χ1n) is 6.31. The molecule has 0 aliphatic heterocycles. The van der Waals surface area contributed by atoms with Crippen LogP contribution in [-0.4, -0.2) is 6.54 Å². The van der Waals surface area contributed by atoms with Crippen molar-refractivity contribution < 1.29 is 4.39 Å². The zero-order valence-electron chi connectivity index (χ0n) is 10.9. The Morgan fingerprint density at radius 3 is 2.63 bits per heavy atom. The van der Waals surface area contributed by atoms with E-state index >= 15 is 0 Å². The second-order valence-electron chi connectivity index (χ2n) is 4.76. The molecule has 1 nitrogen and oxygen atoms in total. The summed E-state index contributed by atoms with van der Waals surface area (Å²) < 4.78 is 13.9. The summed E-state index contributed by atoms with van der Waals surface area (Å²) in [6.45, 7) is 2.52. The van der Waals surface area contributed by atoms with Crippen LogP contribution < -0.4 is 5.73 Å². The summed E-state index contributed by atoms with van der Waals surface area (Å²) in [6.07, 6.45) is 0.562. The maximum Gasteiger partial charge on any atom is 0.144 e. The van der Waals surface area contributed by atoms with E-state index in [1.165, 1.54) is 5.56 Å². The van der Waals surface area contributed by atoms with Gasteiger partial charge in [0, 0.05) is 5.92 Å². The summed E-state index contributed by atoms with van der Waals surface area (Å²) in [4.78, 5) is 0. The molecule has 1 atom stereocenters. The van der Waals surface area contributed by atoms with Crippen molar-refractivity contribution in [1.29, 1.82) is 0 Å². The maximum absolute atomic E-state index is 13.9. The maximum atomic E-state index is 13.9. The summed E-state index contributed by atoms with van der Waals surface area (Å²) in [5.41, 5.74) is 8.77. The van der Waals surface area contributed by atoms with Gasteiger partial charge in [0.25, 0.3) is 0 Å². The molecule has 100 valence electrons. The summed E-state index contributed by atoms with van der Waals surface area (Å²) >= 11 is 5.81. The van der Waals surface area contributed by atoms with Gasteiger partial charge < -0.3 is 5.73 Å². The van der Waals surface area contributed by atoms with Gasteiger partial charge in [-0.05, 0) is 37.1 Å². The minimum Gasteiger partial charge on any atom is -0.330 e. The highest BCUT2D eigenvalue weighted by Crippen LogP contribution is 2.25. The first kappa shape index (κ1) is 14.0. The average molecular weight is 278 g/mol. The SMILES string of the molecule is Cc1cccc(C(CN)Cc2cccc(Cl)c2F)c1. The highest BCUT2D eigenvalue weighted by atomic mass is 35.5. The molecular formula is C16H17ClFN. The van der Waals surface area contributed by atoms with E-state index in [9.17, 15) is 4.39 Å². The van der Waals surface area contributed by atoms with Crippen molar-refractivity contribution in [3.8, 4) is 0 Å². The van der Waals surface area contributed by atoms with Crippen molar-refractivity contribution in [2.24, 2.45) is 5.73 Å². The van der Waals surface area contributed by atoms with Gasteiger partial charge in [-0.25, -0.2) is 4.39 Å². The Balaban J connectivity index is 2.26. The molecule has 0 heterocycles. The number of hydrogen-bond acceptors (Lipinski definition) is 1. The van der Waals surface area contributed by atoms with E-state index in [0.717, 1.165) is 5.56 Å². The Morgan fingerprint density at radius 2 is 1.95 bits per heavy atom. The lowest BCUT2D eigenvalue weighted by Gasteiger charge is -2.16. The lowest BCUT2D eigenvalue weighted by Crippen LogP contribution is -2.15. The van der Waals surface area contributed by atoms with E-state index in [1.807, 2.05) is 25.1 Å². The molecule has 0 saturated heterocycles. The van der Waals surface area contributed by atoms with Crippen molar-refractivity contribution >= 4 is 11.6 Å². The Bertz CT molecular complexity index is 568. The van der Waals surface area contributed by atoms with Crippen LogP contribution in [0.25, 0.3) is 0 Å². The molecule has 0 amide bonds. The van der Waals surface area contributed by atoms with E-state index in [4.69, 9.17) is 17.3 Å². The van der Waals surface area contributed by atoms with Crippen LogP contribution in [0.15, 0.2) is 42.5 Å². The Kier molecular flexibility index (Phi) is 4.56. The number of hydrogen-bond donors (Lipinski definition) is 1. The Labute approximate surface area is 118 Å². The minimum absolute atomic E-state index is 0.105. The third-order valence-corrected chi connectivity index (χ3v) is 3.59. The summed E-state index contributed by atoms with van der Waals surface area (Å²) in [7, 11) is 0.